The lowest BCUT2D eigenvalue weighted by molar-refractivity contribution is 0.619. The molecule has 0 unspecified atom stereocenters. The van der Waals surface area contributed by atoms with E-state index in [-0.39, 0.29) is 5.82 Å². The summed E-state index contributed by atoms with van der Waals surface area (Å²) in [6.07, 6.45) is 0. The van der Waals surface area contributed by atoms with Crippen molar-refractivity contribution in [3.8, 4) is 0 Å². The van der Waals surface area contributed by atoms with Crippen LogP contribution in [-0.4, -0.2) is 0 Å². The number of halogens is 3. The lowest BCUT2D eigenvalue weighted by Gasteiger charge is -2.12. The standard InChI is InChI=1S/C13H11BrClFN2/c1-7-4-13(11(17)6-10(7)16)18-12-5-8(15)2-3-9(12)14/h2-6,18H,17H2,1H3. The van der Waals surface area contributed by atoms with Gasteiger partial charge in [-0.15, -0.1) is 0 Å². The summed E-state index contributed by atoms with van der Waals surface area (Å²) in [4.78, 5) is 0. The topological polar surface area (TPSA) is 38.0 Å². The van der Waals surface area contributed by atoms with Crippen molar-refractivity contribution in [3.05, 3.63) is 51.2 Å². The molecule has 0 fully saturated rings. The Morgan fingerprint density at radius 2 is 1.94 bits per heavy atom. The molecule has 0 aromatic heterocycles. The van der Waals surface area contributed by atoms with Gasteiger partial charge in [0.2, 0.25) is 0 Å². The lowest BCUT2D eigenvalue weighted by Crippen LogP contribution is -1.99. The van der Waals surface area contributed by atoms with Crippen molar-refractivity contribution in [3.63, 3.8) is 0 Å². The van der Waals surface area contributed by atoms with Crippen molar-refractivity contribution in [1.29, 1.82) is 0 Å². The minimum atomic E-state index is -0.316. The van der Waals surface area contributed by atoms with Crippen molar-refractivity contribution in [1.82, 2.24) is 0 Å². The number of benzene rings is 2. The van der Waals surface area contributed by atoms with E-state index in [4.69, 9.17) is 17.3 Å². The van der Waals surface area contributed by atoms with Crippen LogP contribution in [0.5, 0.6) is 0 Å². The summed E-state index contributed by atoms with van der Waals surface area (Å²) >= 11 is 9.34. The summed E-state index contributed by atoms with van der Waals surface area (Å²) in [7, 11) is 0. The molecule has 0 heterocycles. The highest BCUT2D eigenvalue weighted by Gasteiger charge is 2.07. The first-order valence-corrected chi connectivity index (χ1v) is 6.42. The van der Waals surface area contributed by atoms with Gasteiger partial charge in [-0.05, 0) is 58.7 Å². The Morgan fingerprint density at radius 3 is 2.67 bits per heavy atom. The molecule has 0 saturated carbocycles. The van der Waals surface area contributed by atoms with E-state index < -0.39 is 0 Å². The van der Waals surface area contributed by atoms with E-state index in [1.165, 1.54) is 6.07 Å². The maximum absolute atomic E-state index is 13.3. The molecule has 0 saturated heterocycles. The van der Waals surface area contributed by atoms with E-state index in [0.717, 1.165) is 10.2 Å². The largest absolute Gasteiger partial charge is 0.397 e. The smallest absolute Gasteiger partial charge is 0.128 e. The summed E-state index contributed by atoms with van der Waals surface area (Å²) in [6.45, 7) is 1.69. The molecule has 0 amide bonds. The number of rotatable bonds is 2. The number of anilines is 3. The van der Waals surface area contributed by atoms with Crippen LogP contribution in [0.2, 0.25) is 5.02 Å². The molecule has 3 N–H and O–H groups in total. The zero-order valence-electron chi connectivity index (χ0n) is 9.60. The Balaban J connectivity index is 2.40. The average Bonchev–Trinajstić information content (AvgIpc) is 2.30. The number of hydrogen-bond donors (Lipinski definition) is 2. The summed E-state index contributed by atoms with van der Waals surface area (Å²) < 4.78 is 14.2. The van der Waals surface area contributed by atoms with Crippen molar-refractivity contribution < 1.29 is 4.39 Å². The maximum atomic E-state index is 13.3. The fourth-order valence-corrected chi connectivity index (χ4v) is 2.06. The SMILES string of the molecule is Cc1cc(Nc2cc(Cl)ccc2Br)c(N)cc1F. The Hall–Kier alpha value is -1.26. The minimum absolute atomic E-state index is 0.316. The van der Waals surface area contributed by atoms with Gasteiger partial charge in [0.15, 0.2) is 0 Å². The van der Waals surface area contributed by atoms with Crippen molar-refractivity contribution in [2.45, 2.75) is 6.92 Å². The van der Waals surface area contributed by atoms with Gasteiger partial charge in [0.1, 0.15) is 5.82 Å². The minimum Gasteiger partial charge on any atom is -0.397 e. The normalized spacial score (nSPS) is 10.4. The number of nitrogen functional groups attached to an aromatic ring is 1. The molecule has 0 atom stereocenters. The second kappa shape index (κ2) is 5.16. The molecule has 0 aliphatic heterocycles. The molecule has 0 spiro atoms. The predicted octanol–water partition coefficient (Wildman–Crippen LogP) is 4.88. The maximum Gasteiger partial charge on any atom is 0.128 e. The quantitative estimate of drug-likeness (QED) is 0.771. The van der Waals surface area contributed by atoms with Crippen LogP contribution in [0.3, 0.4) is 0 Å². The van der Waals surface area contributed by atoms with Gasteiger partial charge in [0.25, 0.3) is 0 Å². The van der Waals surface area contributed by atoms with Crippen LogP contribution in [0.4, 0.5) is 21.5 Å². The zero-order valence-corrected chi connectivity index (χ0v) is 11.9. The summed E-state index contributed by atoms with van der Waals surface area (Å²) in [5.74, 6) is -0.316. The average molecular weight is 330 g/mol. The van der Waals surface area contributed by atoms with E-state index >= 15 is 0 Å². The van der Waals surface area contributed by atoms with Crippen LogP contribution in [0.15, 0.2) is 34.8 Å². The van der Waals surface area contributed by atoms with Crippen molar-refractivity contribution in [2.75, 3.05) is 11.1 Å². The Labute approximate surface area is 118 Å². The molecule has 0 radical (unpaired) electrons. The van der Waals surface area contributed by atoms with Crippen LogP contribution in [0, 0.1) is 12.7 Å². The molecule has 0 aliphatic carbocycles. The molecule has 94 valence electrons. The van der Waals surface area contributed by atoms with Crippen LogP contribution in [-0.2, 0) is 0 Å². The highest BCUT2D eigenvalue weighted by molar-refractivity contribution is 9.10. The fraction of sp³-hybridized carbons (Fsp3) is 0.0769. The molecular weight excluding hydrogens is 319 g/mol. The third-order valence-electron chi connectivity index (χ3n) is 2.53. The van der Waals surface area contributed by atoms with Gasteiger partial charge < -0.3 is 11.1 Å². The molecular formula is C13H11BrClFN2. The third kappa shape index (κ3) is 2.76. The van der Waals surface area contributed by atoms with Crippen molar-refractivity contribution in [2.24, 2.45) is 0 Å². The van der Waals surface area contributed by atoms with Gasteiger partial charge in [-0.2, -0.15) is 0 Å². The van der Waals surface area contributed by atoms with Gasteiger partial charge in [0.05, 0.1) is 17.1 Å². The molecule has 2 aromatic rings. The molecule has 0 bridgehead atoms. The summed E-state index contributed by atoms with van der Waals surface area (Å²) in [6, 6.07) is 8.34. The second-order valence-electron chi connectivity index (χ2n) is 3.94. The van der Waals surface area contributed by atoms with E-state index in [0.29, 0.717) is 22.0 Å². The molecule has 2 rings (SSSR count). The molecule has 18 heavy (non-hydrogen) atoms. The molecule has 5 heteroatoms. The van der Waals surface area contributed by atoms with Gasteiger partial charge >= 0.3 is 0 Å². The van der Waals surface area contributed by atoms with Crippen LogP contribution in [0.1, 0.15) is 5.56 Å². The molecule has 2 aromatic carbocycles. The highest BCUT2D eigenvalue weighted by atomic mass is 79.9. The number of hydrogen-bond acceptors (Lipinski definition) is 2. The van der Waals surface area contributed by atoms with E-state index in [9.17, 15) is 4.39 Å². The Kier molecular flexibility index (Phi) is 3.78. The zero-order chi connectivity index (χ0) is 13.3. The first-order valence-electron chi connectivity index (χ1n) is 5.25. The highest BCUT2D eigenvalue weighted by Crippen LogP contribution is 2.32. The van der Waals surface area contributed by atoms with Crippen LogP contribution < -0.4 is 11.1 Å². The van der Waals surface area contributed by atoms with Crippen LogP contribution >= 0.6 is 27.5 Å². The van der Waals surface area contributed by atoms with Gasteiger partial charge in [0, 0.05) is 9.50 Å². The lowest BCUT2D eigenvalue weighted by atomic mass is 10.1. The molecule has 0 aliphatic rings. The second-order valence-corrected chi connectivity index (χ2v) is 5.23. The van der Waals surface area contributed by atoms with Gasteiger partial charge in [-0.1, -0.05) is 11.6 Å². The van der Waals surface area contributed by atoms with E-state index in [2.05, 4.69) is 21.2 Å². The first-order chi connectivity index (χ1) is 8.47. The Morgan fingerprint density at radius 1 is 1.22 bits per heavy atom. The monoisotopic (exact) mass is 328 g/mol. The predicted molar refractivity (Wildman–Crippen MR) is 78.0 cm³/mol. The van der Waals surface area contributed by atoms with Crippen molar-refractivity contribution >= 4 is 44.6 Å². The summed E-state index contributed by atoms with van der Waals surface area (Å²) in [5.41, 5.74) is 8.09. The first kappa shape index (κ1) is 13.2. The molecule has 2 nitrogen and oxygen atoms in total. The third-order valence-corrected chi connectivity index (χ3v) is 3.46. The van der Waals surface area contributed by atoms with E-state index in [1.54, 1.807) is 25.1 Å². The van der Waals surface area contributed by atoms with Gasteiger partial charge in [-0.3, -0.25) is 0 Å². The Bertz CT molecular complexity index is 602. The van der Waals surface area contributed by atoms with Crippen LogP contribution in [0.25, 0.3) is 0 Å². The fourth-order valence-electron chi connectivity index (χ4n) is 1.54. The van der Waals surface area contributed by atoms with E-state index in [1.807, 2.05) is 6.07 Å². The number of nitrogens with two attached hydrogens (primary N) is 1. The number of aryl methyl sites for hydroxylation is 1. The van der Waals surface area contributed by atoms with Gasteiger partial charge in [-0.25, -0.2) is 4.39 Å². The number of nitrogens with one attached hydrogen (secondary N) is 1. The summed E-state index contributed by atoms with van der Waals surface area (Å²) in [5, 5.41) is 3.74.